The molecular weight excluding hydrogens is 381 g/mol. The Hall–Kier alpha value is -1.64. The van der Waals surface area contributed by atoms with E-state index in [0.717, 1.165) is 5.69 Å². The molecule has 0 saturated heterocycles. The molecule has 0 aliphatic rings. The Balaban J connectivity index is 0.00000400. The Labute approximate surface area is 142 Å². The second kappa shape index (κ2) is 11.1. The van der Waals surface area contributed by atoms with Crippen molar-refractivity contribution in [1.29, 1.82) is 0 Å². The third kappa shape index (κ3) is 8.28. The van der Waals surface area contributed by atoms with Crippen molar-refractivity contribution in [2.75, 3.05) is 25.5 Å². The number of rotatable bonds is 6. The summed E-state index contributed by atoms with van der Waals surface area (Å²) in [4.78, 5) is 20.0. The van der Waals surface area contributed by atoms with E-state index in [4.69, 9.17) is 0 Å². The van der Waals surface area contributed by atoms with Gasteiger partial charge in [-0.2, -0.15) is 0 Å². The minimum Gasteiger partial charge on any atom is -0.356 e. The molecule has 0 spiro atoms. The van der Waals surface area contributed by atoms with Crippen LogP contribution < -0.4 is 16.0 Å². The van der Waals surface area contributed by atoms with E-state index >= 15 is 0 Å². The van der Waals surface area contributed by atoms with Crippen molar-refractivity contribution in [1.82, 2.24) is 15.6 Å². The lowest BCUT2D eigenvalue weighted by atomic mass is 10.3. The van der Waals surface area contributed by atoms with E-state index in [-0.39, 0.29) is 29.9 Å². The Kier molecular flexibility index (Phi) is 10.2. The third-order valence-electron chi connectivity index (χ3n) is 2.44. The summed E-state index contributed by atoms with van der Waals surface area (Å²) in [7, 11) is 1.68. The molecule has 0 aliphatic carbocycles. The predicted octanol–water partition coefficient (Wildman–Crippen LogP) is 1.69. The Morgan fingerprint density at radius 3 is 2.81 bits per heavy atom. The number of nitrogens with one attached hydrogen (secondary N) is 3. The average Bonchev–Trinajstić information content (AvgIpc) is 2.42. The van der Waals surface area contributed by atoms with E-state index in [1.165, 1.54) is 0 Å². The lowest BCUT2D eigenvalue weighted by Crippen LogP contribution is -2.38. The number of carbonyl (C=O) groups is 1. The first-order chi connectivity index (χ1) is 9.65. The molecule has 0 bridgehead atoms. The van der Waals surface area contributed by atoms with Gasteiger partial charge in [-0.1, -0.05) is 12.1 Å². The van der Waals surface area contributed by atoms with E-state index in [9.17, 15) is 4.79 Å². The van der Waals surface area contributed by atoms with Gasteiger partial charge in [0.1, 0.15) is 5.82 Å². The smallest absolute Gasteiger partial charge is 0.227 e. The average molecular weight is 403 g/mol. The van der Waals surface area contributed by atoms with Crippen molar-refractivity contribution < 1.29 is 4.79 Å². The lowest BCUT2D eigenvalue weighted by Gasteiger charge is -2.10. The van der Waals surface area contributed by atoms with Gasteiger partial charge in [-0.05, 0) is 19.1 Å². The van der Waals surface area contributed by atoms with Crippen LogP contribution in [0.25, 0.3) is 0 Å². The molecule has 0 aromatic carbocycles. The second-order valence-corrected chi connectivity index (χ2v) is 4.13. The maximum atomic E-state index is 11.7. The van der Waals surface area contributed by atoms with Crippen molar-refractivity contribution in [2.24, 2.45) is 4.99 Å². The van der Waals surface area contributed by atoms with Gasteiger partial charge in [0.2, 0.25) is 5.91 Å². The van der Waals surface area contributed by atoms with E-state index in [1.54, 1.807) is 19.2 Å². The minimum absolute atomic E-state index is 0. The zero-order valence-electron chi connectivity index (χ0n) is 12.3. The molecule has 1 aromatic heterocycles. The molecule has 6 nitrogen and oxygen atoms in total. The number of amides is 1. The van der Waals surface area contributed by atoms with Gasteiger partial charge in [0.25, 0.3) is 0 Å². The number of anilines is 1. The van der Waals surface area contributed by atoms with E-state index in [0.29, 0.717) is 31.3 Å². The molecule has 3 N–H and O–H groups in total. The van der Waals surface area contributed by atoms with Crippen molar-refractivity contribution in [3.63, 3.8) is 0 Å². The van der Waals surface area contributed by atoms with Crippen molar-refractivity contribution in [2.45, 2.75) is 13.3 Å². The van der Waals surface area contributed by atoms with Crippen LogP contribution in [0.1, 0.15) is 12.1 Å². The van der Waals surface area contributed by atoms with Crippen LogP contribution in [-0.4, -0.2) is 37.0 Å². The molecule has 1 rings (SSSR count). The highest BCUT2D eigenvalue weighted by atomic mass is 127. The van der Waals surface area contributed by atoms with Crippen molar-refractivity contribution in [3.8, 4) is 0 Å². The third-order valence-corrected chi connectivity index (χ3v) is 2.44. The molecule has 21 heavy (non-hydrogen) atoms. The summed E-state index contributed by atoms with van der Waals surface area (Å²) in [5.41, 5.74) is 0.870. The zero-order valence-corrected chi connectivity index (χ0v) is 14.7. The number of pyridine rings is 1. The van der Waals surface area contributed by atoms with Gasteiger partial charge in [-0.15, -0.1) is 30.6 Å². The summed E-state index contributed by atoms with van der Waals surface area (Å²) < 4.78 is 0. The normalized spacial score (nSPS) is 10.3. The Bertz CT molecular complexity index is 490. The highest BCUT2D eigenvalue weighted by Crippen LogP contribution is 2.03. The van der Waals surface area contributed by atoms with Crippen LogP contribution in [0.2, 0.25) is 0 Å². The van der Waals surface area contributed by atoms with Crippen LogP contribution >= 0.6 is 24.0 Å². The number of aromatic nitrogens is 1. The fraction of sp³-hybridized carbons (Fsp3) is 0.357. The number of hydrogen-bond acceptors (Lipinski definition) is 3. The first-order valence-electron chi connectivity index (χ1n) is 6.44. The molecule has 7 heteroatoms. The quantitative estimate of drug-likeness (QED) is 0.292. The Morgan fingerprint density at radius 1 is 1.43 bits per heavy atom. The van der Waals surface area contributed by atoms with Gasteiger partial charge in [-0.25, -0.2) is 4.98 Å². The lowest BCUT2D eigenvalue weighted by molar-refractivity contribution is -0.116. The molecule has 0 aliphatic heterocycles. The summed E-state index contributed by atoms with van der Waals surface area (Å²) in [6.07, 6.45) is 2.08. The number of aryl methyl sites for hydroxylation is 1. The van der Waals surface area contributed by atoms with Gasteiger partial charge in [0.05, 0.1) is 0 Å². The predicted molar refractivity (Wildman–Crippen MR) is 97.2 cm³/mol. The number of aliphatic imine (C=N–C) groups is 1. The molecule has 0 unspecified atom stereocenters. The van der Waals surface area contributed by atoms with E-state index in [1.807, 2.05) is 19.1 Å². The molecule has 0 radical (unpaired) electrons. The van der Waals surface area contributed by atoms with Crippen LogP contribution in [0.4, 0.5) is 5.82 Å². The fourth-order valence-corrected chi connectivity index (χ4v) is 1.50. The zero-order chi connectivity index (χ0) is 14.8. The van der Waals surface area contributed by atoms with Crippen LogP contribution in [0.15, 0.2) is 35.8 Å². The number of guanidine groups is 1. The van der Waals surface area contributed by atoms with Crippen LogP contribution in [0.5, 0.6) is 0 Å². The maximum absolute atomic E-state index is 11.7. The molecule has 1 amide bonds. The number of nitrogens with zero attached hydrogens (tertiary/aromatic N) is 2. The van der Waals surface area contributed by atoms with Crippen LogP contribution in [0, 0.1) is 6.92 Å². The standard InChI is InChI=1S/C14H21N5O.HI/c1-4-9-16-14(15-3)17-10-8-13(20)19-12-7-5-6-11(2)18-12;/h4-7H,1,8-10H2,2-3H3,(H2,15,16,17)(H,18,19,20);1H. The minimum atomic E-state index is -0.0882. The number of hydrogen-bond donors (Lipinski definition) is 3. The molecule has 1 aromatic rings. The highest BCUT2D eigenvalue weighted by Gasteiger charge is 2.04. The maximum Gasteiger partial charge on any atom is 0.227 e. The van der Waals surface area contributed by atoms with Crippen LogP contribution in [-0.2, 0) is 4.79 Å². The fourth-order valence-electron chi connectivity index (χ4n) is 1.50. The highest BCUT2D eigenvalue weighted by molar-refractivity contribution is 14.0. The SMILES string of the molecule is C=CCNC(=NC)NCCC(=O)Nc1cccc(C)n1.I. The van der Waals surface area contributed by atoms with Gasteiger partial charge >= 0.3 is 0 Å². The molecule has 0 atom stereocenters. The molecule has 116 valence electrons. The Morgan fingerprint density at radius 2 is 2.19 bits per heavy atom. The molecule has 1 heterocycles. The molecular formula is C14H22IN5O. The summed E-state index contributed by atoms with van der Waals surface area (Å²) >= 11 is 0. The largest absolute Gasteiger partial charge is 0.356 e. The van der Waals surface area contributed by atoms with Crippen molar-refractivity contribution >= 4 is 41.7 Å². The van der Waals surface area contributed by atoms with Crippen LogP contribution in [0.3, 0.4) is 0 Å². The summed E-state index contributed by atoms with van der Waals surface area (Å²) in [5, 5.41) is 8.82. The van der Waals surface area contributed by atoms with Gasteiger partial charge in [0, 0.05) is 32.3 Å². The van der Waals surface area contributed by atoms with E-state index in [2.05, 4.69) is 32.5 Å². The summed E-state index contributed by atoms with van der Waals surface area (Å²) in [5.74, 6) is 1.13. The summed E-state index contributed by atoms with van der Waals surface area (Å²) in [6, 6.07) is 5.51. The number of halogens is 1. The molecule has 0 fully saturated rings. The van der Waals surface area contributed by atoms with E-state index < -0.39 is 0 Å². The second-order valence-electron chi connectivity index (χ2n) is 4.13. The van der Waals surface area contributed by atoms with Crippen molar-refractivity contribution in [3.05, 3.63) is 36.5 Å². The monoisotopic (exact) mass is 403 g/mol. The van der Waals surface area contributed by atoms with Gasteiger partial charge in [0.15, 0.2) is 5.96 Å². The molecule has 0 saturated carbocycles. The summed E-state index contributed by atoms with van der Waals surface area (Å²) in [6.45, 7) is 6.61. The number of carbonyl (C=O) groups excluding carboxylic acids is 1. The first kappa shape index (κ1) is 19.4. The first-order valence-corrected chi connectivity index (χ1v) is 6.44. The topological polar surface area (TPSA) is 78.4 Å². The van der Waals surface area contributed by atoms with Gasteiger partial charge < -0.3 is 16.0 Å². The van der Waals surface area contributed by atoms with Gasteiger partial charge in [-0.3, -0.25) is 9.79 Å².